The van der Waals surface area contributed by atoms with Gasteiger partial charge in [0, 0.05) is 0 Å². The van der Waals surface area contributed by atoms with E-state index in [2.05, 4.69) is 15.9 Å². The van der Waals surface area contributed by atoms with Crippen LogP contribution in [0.5, 0.6) is 0 Å². The first-order valence-electron chi connectivity index (χ1n) is 2.32. The molecule has 0 rings (SSSR count). The Bertz CT molecular complexity index is 108. The van der Waals surface area contributed by atoms with Gasteiger partial charge >= 0.3 is 0 Å². The summed E-state index contributed by atoms with van der Waals surface area (Å²) in [5.74, 6) is -0.684. The highest BCUT2D eigenvalue weighted by Crippen LogP contribution is 2.03. The summed E-state index contributed by atoms with van der Waals surface area (Å²) in [5, 5.41) is 17.0. The third-order valence-electron chi connectivity index (χ3n) is 0.797. The molecule has 0 aromatic heterocycles. The average Bonchev–Trinajstić information content (AvgIpc) is 1.84. The molecule has 9 heavy (non-hydrogen) atoms. The Balaban J connectivity index is 3.72. The molecule has 5 heteroatoms. The van der Waals surface area contributed by atoms with E-state index < -0.39 is 23.4 Å². The number of amides is 1. The van der Waals surface area contributed by atoms with Crippen molar-refractivity contribution in [1.29, 1.82) is 0 Å². The van der Waals surface area contributed by atoms with E-state index in [9.17, 15) is 4.79 Å². The summed E-state index contributed by atoms with van der Waals surface area (Å²) >= 11 is 2.78. The van der Waals surface area contributed by atoms with Crippen molar-refractivity contribution < 1.29 is 15.0 Å². The van der Waals surface area contributed by atoms with E-state index >= 15 is 0 Å². The van der Waals surface area contributed by atoms with Crippen molar-refractivity contribution >= 4 is 21.8 Å². The zero-order chi connectivity index (χ0) is 7.44. The molecule has 54 valence electrons. The summed E-state index contributed by atoms with van der Waals surface area (Å²) in [4.78, 5) is 9.35. The van der Waals surface area contributed by atoms with Gasteiger partial charge in [0.25, 0.3) is 0 Å². The van der Waals surface area contributed by atoms with Crippen LogP contribution in [0.1, 0.15) is 0 Å². The fraction of sp³-hybridized carbons (Fsp3) is 0.750. The van der Waals surface area contributed by atoms with Crippen molar-refractivity contribution in [3.63, 3.8) is 0 Å². The molecule has 0 radical (unpaired) electrons. The Labute approximate surface area is 60.8 Å². The number of aliphatic hydroxyl groups is 2. The van der Waals surface area contributed by atoms with E-state index in [0.29, 0.717) is 0 Å². The van der Waals surface area contributed by atoms with Crippen LogP contribution in [-0.2, 0) is 4.79 Å². The lowest BCUT2D eigenvalue weighted by molar-refractivity contribution is -0.119. The molecule has 0 unspecified atom stereocenters. The molecular formula is C4H8BrNO3. The maximum atomic E-state index is 10.2. The van der Waals surface area contributed by atoms with Crippen molar-refractivity contribution in [2.24, 2.45) is 5.73 Å². The van der Waals surface area contributed by atoms with Crippen molar-refractivity contribution in [3.8, 4) is 0 Å². The number of halogens is 1. The van der Waals surface area contributed by atoms with Crippen LogP contribution >= 0.6 is 15.9 Å². The Morgan fingerprint density at radius 1 is 1.78 bits per heavy atom. The lowest BCUT2D eigenvalue weighted by Gasteiger charge is -2.09. The quantitative estimate of drug-likeness (QED) is 0.487. The second-order valence-corrected chi connectivity index (χ2v) is 2.54. The third kappa shape index (κ3) is 2.78. The monoisotopic (exact) mass is 197 g/mol. The first-order valence-corrected chi connectivity index (χ1v) is 3.23. The predicted molar refractivity (Wildman–Crippen MR) is 35.0 cm³/mol. The van der Waals surface area contributed by atoms with E-state index in [4.69, 9.17) is 15.9 Å². The van der Waals surface area contributed by atoms with E-state index in [0.717, 1.165) is 0 Å². The molecule has 0 fully saturated rings. The summed E-state index contributed by atoms with van der Waals surface area (Å²) in [5.41, 5.74) is 4.76. The molecular weight excluding hydrogens is 190 g/mol. The van der Waals surface area contributed by atoms with Gasteiger partial charge in [0.1, 0.15) is 4.83 Å². The van der Waals surface area contributed by atoms with Gasteiger partial charge in [0.15, 0.2) is 0 Å². The molecule has 2 atom stereocenters. The van der Waals surface area contributed by atoms with Crippen LogP contribution in [0, 0.1) is 0 Å². The second kappa shape index (κ2) is 3.81. The first kappa shape index (κ1) is 8.87. The molecule has 1 amide bonds. The molecule has 0 aromatic rings. The summed E-state index contributed by atoms with van der Waals surface area (Å²) in [7, 11) is 0. The van der Waals surface area contributed by atoms with Gasteiger partial charge in [-0.15, -0.1) is 0 Å². The standard InChI is InChI=1S/C4H8BrNO3/c5-3(4(6)9)2(8)1-7/h2-3,7-8H,1H2,(H2,6,9)/t2-,3-/m0/s1. The Kier molecular flexibility index (Phi) is 3.76. The van der Waals surface area contributed by atoms with Crippen LogP contribution in [0.2, 0.25) is 0 Å². The topological polar surface area (TPSA) is 83.6 Å². The average molecular weight is 198 g/mol. The van der Waals surface area contributed by atoms with Crippen LogP contribution in [0.15, 0.2) is 0 Å². The van der Waals surface area contributed by atoms with Crippen molar-refractivity contribution in [2.45, 2.75) is 10.9 Å². The number of rotatable bonds is 3. The largest absolute Gasteiger partial charge is 0.394 e. The second-order valence-electron chi connectivity index (χ2n) is 1.55. The SMILES string of the molecule is NC(=O)[C@@H](Br)[C@@H](O)CO. The lowest BCUT2D eigenvalue weighted by Crippen LogP contribution is -2.36. The zero-order valence-electron chi connectivity index (χ0n) is 4.62. The minimum atomic E-state index is -1.11. The lowest BCUT2D eigenvalue weighted by atomic mass is 10.2. The fourth-order valence-corrected chi connectivity index (χ4v) is 0.449. The van der Waals surface area contributed by atoms with Gasteiger partial charge in [0.05, 0.1) is 12.7 Å². The smallest absolute Gasteiger partial charge is 0.233 e. The van der Waals surface area contributed by atoms with Gasteiger partial charge < -0.3 is 15.9 Å². The molecule has 0 aliphatic rings. The molecule has 0 aliphatic heterocycles. The highest BCUT2D eigenvalue weighted by atomic mass is 79.9. The van der Waals surface area contributed by atoms with Crippen molar-refractivity contribution in [3.05, 3.63) is 0 Å². The van der Waals surface area contributed by atoms with Gasteiger partial charge in [-0.05, 0) is 0 Å². The fourth-order valence-electron chi connectivity index (χ4n) is 0.282. The van der Waals surface area contributed by atoms with E-state index in [1.807, 2.05) is 0 Å². The number of alkyl halides is 1. The minimum Gasteiger partial charge on any atom is -0.394 e. The van der Waals surface area contributed by atoms with Crippen LogP contribution < -0.4 is 5.73 Å². The van der Waals surface area contributed by atoms with Gasteiger partial charge in [-0.2, -0.15) is 0 Å². The molecule has 4 nitrogen and oxygen atoms in total. The van der Waals surface area contributed by atoms with Gasteiger partial charge in [-0.3, -0.25) is 4.79 Å². The van der Waals surface area contributed by atoms with E-state index in [1.54, 1.807) is 0 Å². The summed E-state index contributed by atoms with van der Waals surface area (Å²) in [6.45, 7) is -0.473. The molecule has 0 saturated carbocycles. The van der Waals surface area contributed by atoms with Crippen molar-refractivity contribution in [1.82, 2.24) is 0 Å². The first-order chi connectivity index (χ1) is 4.09. The molecule has 0 aromatic carbocycles. The van der Waals surface area contributed by atoms with Crippen LogP contribution in [-0.4, -0.2) is 33.7 Å². The normalized spacial score (nSPS) is 16.8. The third-order valence-corrected chi connectivity index (χ3v) is 1.86. The number of nitrogens with two attached hydrogens (primary N) is 1. The molecule has 0 aliphatic carbocycles. The maximum Gasteiger partial charge on any atom is 0.233 e. The summed E-state index contributed by atoms with van der Waals surface area (Å²) < 4.78 is 0. The molecule has 0 heterocycles. The highest BCUT2D eigenvalue weighted by molar-refractivity contribution is 9.10. The summed E-state index contributed by atoms with van der Waals surface area (Å²) in [6, 6.07) is 0. The predicted octanol–water partition coefficient (Wildman–Crippen LogP) is -1.41. The van der Waals surface area contributed by atoms with Gasteiger partial charge in [-0.25, -0.2) is 0 Å². The molecule has 0 bridgehead atoms. The van der Waals surface area contributed by atoms with Crippen LogP contribution in [0.4, 0.5) is 0 Å². The Morgan fingerprint density at radius 2 is 2.22 bits per heavy atom. The zero-order valence-corrected chi connectivity index (χ0v) is 6.21. The van der Waals surface area contributed by atoms with Gasteiger partial charge in [0.2, 0.25) is 5.91 Å². The molecule has 0 spiro atoms. The Morgan fingerprint density at radius 3 is 2.33 bits per heavy atom. The number of primary amides is 1. The molecule has 0 saturated heterocycles. The van der Waals surface area contributed by atoms with Crippen LogP contribution in [0.3, 0.4) is 0 Å². The Hall–Kier alpha value is -0.130. The molecule has 4 N–H and O–H groups in total. The number of carbonyl (C=O) groups excluding carboxylic acids is 1. The van der Waals surface area contributed by atoms with Crippen molar-refractivity contribution in [2.75, 3.05) is 6.61 Å². The highest BCUT2D eigenvalue weighted by Gasteiger charge is 2.19. The maximum absolute atomic E-state index is 10.2. The number of carbonyl (C=O) groups is 1. The van der Waals surface area contributed by atoms with E-state index in [1.165, 1.54) is 0 Å². The van der Waals surface area contributed by atoms with Crippen LogP contribution in [0.25, 0.3) is 0 Å². The number of aliphatic hydroxyl groups excluding tert-OH is 2. The minimum absolute atomic E-state index is 0.473. The number of hydrogen-bond acceptors (Lipinski definition) is 3. The number of hydrogen-bond donors (Lipinski definition) is 3. The summed E-state index contributed by atoms with van der Waals surface area (Å²) in [6.07, 6.45) is -1.11. The van der Waals surface area contributed by atoms with E-state index in [-0.39, 0.29) is 0 Å². The van der Waals surface area contributed by atoms with Gasteiger partial charge in [-0.1, -0.05) is 15.9 Å².